The van der Waals surface area contributed by atoms with Gasteiger partial charge in [0.1, 0.15) is 18.9 Å². The number of nitrogens with one attached hydrogen (secondary N) is 2. The van der Waals surface area contributed by atoms with Gasteiger partial charge in [0.15, 0.2) is 5.54 Å². The number of hydrogen-bond acceptors (Lipinski definition) is 6. The molecule has 0 saturated carbocycles. The van der Waals surface area contributed by atoms with E-state index < -0.39 is 24.2 Å². The lowest BCUT2D eigenvalue weighted by molar-refractivity contribution is -0.135. The number of aliphatic imine (C=N–C) groups is 1. The molecular formula is C22H23BrF3N3O4. The van der Waals surface area contributed by atoms with Crippen molar-refractivity contribution < 1.29 is 32.5 Å². The third kappa shape index (κ3) is 6.92. The monoisotopic (exact) mass is 529 g/mol. The van der Waals surface area contributed by atoms with Crippen molar-refractivity contribution in [2.75, 3.05) is 26.4 Å². The molecule has 2 aromatic rings. The minimum Gasteiger partial charge on any atom is -0.494 e. The second-order valence-corrected chi connectivity index (χ2v) is 8.23. The zero-order valence-corrected chi connectivity index (χ0v) is 19.1. The molecule has 11 heteroatoms. The van der Waals surface area contributed by atoms with Crippen LogP contribution in [0.25, 0.3) is 0 Å². The molecule has 1 aliphatic heterocycles. The van der Waals surface area contributed by atoms with Crippen LogP contribution >= 0.6 is 15.9 Å². The minimum absolute atomic E-state index is 0.0300. The average Bonchev–Trinajstić information content (AvgIpc) is 3.20. The summed E-state index contributed by atoms with van der Waals surface area (Å²) in [6.07, 6.45) is -3.86. The standard InChI is InChI=1S/C22H23BrF3N3O4/c23-18-5-2-1-4-16(18)12-21(20(31)29-27-13-22(24,25)26)14-33-19(28-21)15-6-8-17(9-7-15)32-11-3-10-30/h1-2,4-9,27,30H,3,10-14H2,(H,29,31)/t21-/m0/s1. The Morgan fingerprint density at radius 1 is 1.21 bits per heavy atom. The van der Waals surface area contributed by atoms with Crippen LogP contribution < -0.4 is 15.6 Å². The zero-order valence-electron chi connectivity index (χ0n) is 17.5. The second-order valence-electron chi connectivity index (χ2n) is 7.38. The largest absolute Gasteiger partial charge is 0.494 e. The molecule has 1 amide bonds. The number of carbonyl (C=O) groups excluding carboxylic acids is 1. The molecule has 1 atom stereocenters. The highest BCUT2D eigenvalue weighted by atomic mass is 79.9. The Labute approximate surface area is 197 Å². The van der Waals surface area contributed by atoms with Crippen LogP contribution in [0.15, 0.2) is 58.0 Å². The van der Waals surface area contributed by atoms with Crippen LogP contribution in [0.2, 0.25) is 0 Å². The molecule has 0 radical (unpaired) electrons. The van der Waals surface area contributed by atoms with Crippen molar-refractivity contribution in [1.29, 1.82) is 0 Å². The molecule has 3 rings (SSSR count). The molecule has 0 bridgehead atoms. The molecule has 0 fully saturated rings. The van der Waals surface area contributed by atoms with E-state index in [2.05, 4.69) is 26.3 Å². The molecule has 33 heavy (non-hydrogen) atoms. The van der Waals surface area contributed by atoms with Gasteiger partial charge in [-0.15, -0.1) is 0 Å². The third-order valence-electron chi connectivity index (χ3n) is 4.79. The van der Waals surface area contributed by atoms with Gasteiger partial charge < -0.3 is 14.6 Å². The van der Waals surface area contributed by atoms with Gasteiger partial charge in [0.25, 0.3) is 5.91 Å². The van der Waals surface area contributed by atoms with E-state index in [1.807, 2.05) is 11.5 Å². The predicted molar refractivity (Wildman–Crippen MR) is 119 cm³/mol. The van der Waals surface area contributed by atoms with Crippen LogP contribution in [0.5, 0.6) is 5.75 Å². The molecule has 0 spiro atoms. The zero-order chi connectivity index (χ0) is 23.9. The number of amides is 1. The second kappa shape index (κ2) is 11.0. The predicted octanol–water partition coefficient (Wildman–Crippen LogP) is 3.15. The highest BCUT2D eigenvalue weighted by Gasteiger charge is 2.45. The van der Waals surface area contributed by atoms with Crippen molar-refractivity contribution in [3.63, 3.8) is 0 Å². The number of carbonyl (C=O) groups is 1. The maximum atomic E-state index is 13.0. The van der Waals surface area contributed by atoms with E-state index >= 15 is 0 Å². The van der Waals surface area contributed by atoms with Crippen molar-refractivity contribution in [3.8, 4) is 5.75 Å². The van der Waals surface area contributed by atoms with E-state index in [-0.39, 0.29) is 25.5 Å². The van der Waals surface area contributed by atoms with Gasteiger partial charge >= 0.3 is 6.18 Å². The maximum absolute atomic E-state index is 13.0. The van der Waals surface area contributed by atoms with Crippen molar-refractivity contribution in [2.45, 2.75) is 24.6 Å². The normalized spacial score (nSPS) is 17.9. The molecule has 0 unspecified atom stereocenters. The van der Waals surface area contributed by atoms with Crippen LogP contribution in [0.3, 0.4) is 0 Å². The van der Waals surface area contributed by atoms with Crippen LogP contribution in [-0.2, 0) is 16.0 Å². The molecule has 1 aliphatic rings. The van der Waals surface area contributed by atoms with Crippen LogP contribution in [0.4, 0.5) is 13.2 Å². The SMILES string of the molecule is O=C(NNCC(F)(F)F)[C@]1(Cc2ccccc2Br)COC(c2ccc(OCCCO)cc2)=N1. The Hall–Kier alpha value is -2.63. The molecule has 1 heterocycles. The van der Waals surface area contributed by atoms with Crippen molar-refractivity contribution >= 4 is 27.7 Å². The summed E-state index contributed by atoms with van der Waals surface area (Å²) in [6.45, 7) is -1.12. The number of benzene rings is 2. The fourth-order valence-corrected chi connectivity index (χ4v) is 3.55. The summed E-state index contributed by atoms with van der Waals surface area (Å²) < 4.78 is 49.5. The lowest BCUT2D eigenvalue weighted by atomic mass is 9.91. The van der Waals surface area contributed by atoms with Gasteiger partial charge in [0.05, 0.1) is 6.61 Å². The number of alkyl halides is 3. The average molecular weight is 530 g/mol. The summed E-state index contributed by atoms with van der Waals surface area (Å²) in [6, 6.07) is 14.0. The number of hydrogen-bond donors (Lipinski definition) is 3. The highest BCUT2D eigenvalue weighted by molar-refractivity contribution is 9.10. The van der Waals surface area contributed by atoms with Gasteiger partial charge in [-0.2, -0.15) is 13.2 Å². The molecular weight excluding hydrogens is 507 g/mol. The Morgan fingerprint density at radius 2 is 1.94 bits per heavy atom. The molecule has 0 aliphatic carbocycles. The number of rotatable bonds is 10. The van der Waals surface area contributed by atoms with Crippen LogP contribution in [-0.4, -0.2) is 55.0 Å². The van der Waals surface area contributed by atoms with E-state index in [0.717, 1.165) is 10.0 Å². The van der Waals surface area contributed by atoms with Crippen molar-refractivity contribution in [3.05, 3.63) is 64.1 Å². The first-order valence-electron chi connectivity index (χ1n) is 10.1. The molecule has 2 aromatic carbocycles. The summed E-state index contributed by atoms with van der Waals surface area (Å²) in [7, 11) is 0. The number of halogens is 4. The summed E-state index contributed by atoms with van der Waals surface area (Å²) >= 11 is 3.43. The van der Waals surface area contributed by atoms with Gasteiger partial charge in [-0.05, 0) is 35.9 Å². The van der Waals surface area contributed by atoms with E-state index in [1.165, 1.54) is 0 Å². The van der Waals surface area contributed by atoms with Crippen molar-refractivity contribution in [1.82, 2.24) is 10.9 Å². The highest BCUT2D eigenvalue weighted by Crippen LogP contribution is 2.30. The van der Waals surface area contributed by atoms with E-state index in [4.69, 9.17) is 14.6 Å². The van der Waals surface area contributed by atoms with Crippen LogP contribution in [0.1, 0.15) is 17.5 Å². The Morgan fingerprint density at radius 3 is 2.61 bits per heavy atom. The Kier molecular flexibility index (Phi) is 8.33. The summed E-state index contributed by atoms with van der Waals surface area (Å²) in [5.74, 6) is 0.0655. The Bertz CT molecular complexity index is 986. The smallest absolute Gasteiger partial charge is 0.402 e. The number of nitrogens with zero attached hydrogens (tertiary/aromatic N) is 1. The molecule has 0 aromatic heterocycles. The summed E-state index contributed by atoms with van der Waals surface area (Å²) in [5, 5.41) is 8.83. The van der Waals surface area contributed by atoms with Gasteiger partial charge in [0.2, 0.25) is 5.90 Å². The maximum Gasteiger partial charge on any atom is 0.402 e. The first-order valence-corrected chi connectivity index (χ1v) is 10.9. The van der Waals surface area contributed by atoms with Crippen LogP contribution in [0, 0.1) is 0 Å². The molecule has 7 nitrogen and oxygen atoms in total. The minimum atomic E-state index is -4.48. The number of ether oxygens (including phenoxy) is 2. The van der Waals surface area contributed by atoms with E-state index in [0.29, 0.717) is 24.3 Å². The van der Waals surface area contributed by atoms with Crippen molar-refractivity contribution in [2.24, 2.45) is 4.99 Å². The first kappa shape index (κ1) is 25.0. The lowest BCUT2D eigenvalue weighted by Crippen LogP contribution is -2.54. The van der Waals surface area contributed by atoms with Gasteiger partial charge in [-0.3, -0.25) is 10.2 Å². The molecule has 178 valence electrons. The fraction of sp³-hybridized carbons (Fsp3) is 0.364. The number of hydrazine groups is 1. The topological polar surface area (TPSA) is 92.2 Å². The Balaban J connectivity index is 1.82. The molecule has 0 saturated heterocycles. The first-order chi connectivity index (χ1) is 15.7. The third-order valence-corrected chi connectivity index (χ3v) is 5.56. The quantitative estimate of drug-likeness (QED) is 0.325. The van der Waals surface area contributed by atoms with E-state index in [1.54, 1.807) is 42.5 Å². The summed E-state index contributed by atoms with van der Waals surface area (Å²) in [4.78, 5) is 17.5. The van der Waals surface area contributed by atoms with Gasteiger partial charge in [-0.25, -0.2) is 10.4 Å². The lowest BCUT2D eigenvalue weighted by Gasteiger charge is -2.24. The number of aliphatic hydroxyl groups is 1. The van der Waals surface area contributed by atoms with Gasteiger partial charge in [0, 0.05) is 29.5 Å². The van der Waals surface area contributed by atoms with Gasteiger partial charge in [-0.1, -0.05) is 34.1 Å². The molecule has 3 N–H and O–H groups in total. The summed E-state index contributed by atoms with van der Waals surface area (Å²) in [5.41, 5.74) is 3.92. The number of aliphatic hydroxyl groups excluding tert-OH is 1. The fourth-order valence-electron chi connectivity index (χ4n) is 3.13. The van der Waals surface area contributed by atoms with E-state index in [9.17, 15) is 18.0 Å².